The van der Waals surface area contributed by atoms with Gasteiger partial charge < -0.3 is 10.6 Å². The molecular formula is C20H24ClF3N2. The van der Waals surface area contributed by atoms with Crippen LogP contribution in [-0.2, 0) is 19.3 Å². The van der Waals surface area contributed by atoms with Crippen LogP contribution in [0.4, 0.5) is 13.2 Å². The lowest BCUT2D eigenvalue weighted by molar-refractivity contribution is -0.137. The Morgan fingerprint density at radius 1 is 0.769 bits per heavy atom. The highest BCUT2D eigenvalue weighted by atomic mass is 35.5. The highest BCUT2D eigenvalue weighted by molar-refractivity contribution is 6.30. The number of unbranched alkanes of at least 4 members (excludes halogenated alkanes) is 2. The van der Waals surface area contributed by atoms with Gasteiger partial charge in [-0.2, -0.15) is 13.2 Å². The summed E-state index contributed by atoms with van der Waals surface area (Å²) in [5.74, 6) is 0. The van der Waals surface area contributed by atoms with Crippen molar-refractivity contribution < 1.29 is 13.2 Å². The van der Waals surface area contributed by atoms with Crippen molar-refractivity contribution in [2.75, 3.05) is 13.1 Å². The standard InChI is InChI=1S/C20H24ClF3N2/c21-19-9-7-16(8-10-19)14-25-11-2-1-3-12-26-15-17-5-4-6-18(13-17)20(22,23)24/h4-10,13,25-26H,1-3,11-12,14-15H2. The fourth-order valence-corrected chi connectivity index (χ4v) is 2.73. The Kier molecular flexibility index (Phi) is 8.42. The molecule has 0 saturated carbocycles. The summed E-state index contributed by atoms with van der Waals surface area (Å²) in [6.07, 6.45) is -1.14. The van der Waals surface area contributed by atoms with Crippen molar-refractivity contribution >= 4 is 11.6 Å². The Balaban J connectivity index is 1.51. The molecule has 0 saturated heterocycles. The zero-order chi connectivity index (χ0) is 18.8. The predicted molar refractivity (Wildman–Crippen MR) is 100 cm³/mol. The summed E-state index contributed by atoms with van der Waals surface area (Å²) in [5.41, 5.74) is 1.27. The summed E-state index contributed by atoms with van der Waals surface area (Å²) in [7, 11) is 0. The molecule has 0 fully saturated rings. The van der Waals surface area contributed by atoms with Crippen molar-refractivity contribution in [3.8, 4) is 0 Å². The van der Waals surface area contributed by atoms with Gasteiger partial charge in [0.05, 0.1) is 5.56 Å². The fraction of sp³-hybridized carbons (Fsp3) is 0.400. The molecule has 142 valence electrons. The van der Waals surface area contributed by atoms with Gasteiger partial charge in [-0.3, -0.25) is 0 Å². The van der Waals surface area contributed by atoms with Crippen molar-refractivity contribution in [3.63, 3.8) is 0 Å². The lowest BCUT2D eigenvalue weighted by atomic mass is 10.1. The second kappa shape index (κ2) is 10.6. The monoisotopic (exact) mass is 384 g/mol. The molecule has 0 aliphatic carbocycles. The van der Waals surface area contributed by atoms with Gasteiger partial charge in [0.25, 0.3) is 0 Å². The first kappa shape index (κ1) is 20.7. The number of benzene rings is 2. The molecule has 2 aromatic carbocycles. The third kappa shape index (κ3) is 7.77. The fourth-order valence-electron chi connectivity index (χ4n) is 2.60. The first-order chi connectivity index (χ1) is 12.4. The molecule has 0 atom stereocenters. The average molecular weight is 385 g/mol. The van der Waals surface area contributed by atoms with Crippen molar-refractivity contribution in [2.24, 2.45) is 0 Å². The maximum absolute atomic E-state index is 12.7. The second-order valence-electron chi connectivity index (χ2n) is 6.24. The number of hydrogen-bond donors (Lipinski definition) is 2. The van der Waals surface area contributed by atoms with E-state index in [4.69, 9.17) is 11.6 Å². The van der Waals surface area contributed by atoms with E-state index in [0.29, 0.717) is 12.1 Å². The lowest BCUT2D eigenvalue weighted by Crippen LogP contribution is -2.17. The van der Waals surface area contributed by atoms with Crippen LogP contribution in [0.1, 0.15) is 36.0 Å². The maximum atomic E-state index is 12.7. The number of nitrogens with one attached hydrogen (secondary N) is 2. The molecule has 0 spiro atoms. The number of hydrogen-bond acceptors (Lipinski definition) is 2. The quantitative estimate of drug-likeness (QED) is 0.535. The molecule has 0 heterocycles. The molecule has 0 aromatic heterocycles. The van der Waals surface area contributed by atoms with E-state index in [-0.39, 0.29) is 0 Å². The van der Waals surface area contributed by atoms with Gasteiger partial charge in [0.2, 0.25) is 0 Å². The SMILES string of the molecule is FC(F)(F)c1cccc(CNCCCCCNCc2ccc(Cl)cc2)c1. The number of halogens is 4. The molecule has 0 radical (unpaired) electrons. The lowest BCUT2D eigenvalue weighted by Gasteiger charge is -2.09. The van der Waals surface area contributed by atoms with Crippen LogP contribution in [0.2, 0.25) is 5.02 Å². The van der Waals surface area contributed by atoms with Crippen LogP contribution in [0, 0.1) is 0 Å². The molecule has 0 aliphatic heterocycles. The topological polar surface area (TPSA) is 24.1 Å². The highest BCUT2D eigenvalue weighted by Crippen LogP contribution is 2.29. The van der Waals surface area contributed by atoms with Gasteiger partial charge in [-0.1, -0.05) is 48.4 Å². The zero-order valence-corrected chi connectivity index (χ0v) is 15.3. The van der Waals surface area contributed by atoms with E-state index in [1.807, 2.05) is 24.3 Å². The van der Waals surface area contributed by atoms with Crippen LogP contribution < -0.4 is 10.6 Å². The van der Waals surface area contributed by atoms with E-state index in [1.165, 1.54) is 17.7 Å². The molecular weight excluding hydrogens is 361 g/mol. The third-order valence-corrected chi connectivity index (χ3v) is 4.28. The van der Waals surface area contributed by atoms with Crippen molar-refractivity contribution in [1.29, 1.82) is 0 Å². The van der Waals surface area contributed by atoms with Crippen LogP contribution in [0.15, 0.2) is 48.5 Å². The molecule has 2 nitrogen and oxygen atoms in total. The van der Waals surface area contributed by atoms with E-state index >= 15 is 0 Å². The molecule has 0 amide bonds. The second-order valence-corrected chi connectivity index (χ2v) is 6.68. The van der Waals surface area contributed by atoms with Crippen LogP contribution in [0.5, 0.6) is 0 Å². The van der Waals surface area contributed by atoms with Gasteiger partial charge >= 0.3 is 6.18 Å². The minimum atomic E-state index is -4.28. The van der Waals surface area contributed by atoms with E-state index in [2.05, 4.69) is 10.6 Å². The largest absolute Gasteiger partial charge is 0.416 e. The van der Waals surface area contributed by atoms with Crippen molar-refractivity contribution in [3.05, 3.63) is 70.2 Å². The van der Waals surface area contributed by atoms with Crippen molar-refractivity contribution in [1.82, 2.24) is 10.6 Å². The Morgan fingerprint density at radius 2 is 1.38 bits per heavy atom. The van der Waals surface area contributed by atoms with E-state index < -0.39 is 11.7 Å². The van der Waals surface area contributed by atoms with Gasteiger partial charge in [0.15, 0.2) is 0 Å². The van der Waals surface area contributed by atoms with Crippen LogP contribution in [0.25, 0.3) is 0 Å². The van der Waals surface area contributed by atoms with Gasteiger partial charge in [0, 0.05) is 18.1 Å². The summed E-state index contributed by atoms with van der Waals surface area (Å²) >= 11 is 5.85. The molecule has 26 heavy (non-hydrogen) atoms. The molecule has 2 rings (SSSR count). The van der Waals surface area contributed by atoms with Gasteiger partial charge in [-0.25, -0.2) is 0 Å². The normalized spacial score (nSPS) is 11.7. The Labute approximate surface area is 157 Å². The number of rotatable bonds is 10. The van der Waals surface area contributed by atoms with Crippen molar-refractivity contribution in [2.45, 2.75) is 38.5 Å². The van der Waals surface area contributed by atoms with Gasteiger partial charge in [-0.15, -0.1) is 0 Å². The highest BCUT2D eigenvalue weighted by Gasteiger charge is 2.30. The Hall–Kier alpha value is -1.56. The smallest absolute Gasteiger partial charge is 0.313 e. The van der Waals surface area contributed by atoms with Gasteiger partial charge in [0.1, 0.15) is 0 Å². The van der Waals surface area contributed by atoms with Gasteiger partial charge in [-0.05, 0) is 55.3 Å². The minimum absolute atomic E-state index is 0.457. The van der Waals surface area contributed by atoms with E-state index in [1.54, 1.807) is 6.07 Å². The summed E-state index contributed by atoms with van der Waals surface area (Å²) in [4.78, 5) is 0. The van der Waals surface area contributed by atoms with Crippen LogP contribution >= 0.6 is 11.6 Å². The molecule has 6 heteroatoms. The van der Waals surface area contributed by atoms with Crippen LogP contribution in [-0.4, -0.2) is 13.1 Å². The first-order valence-electron chi connectivity index (χ1n) is 8.77. The average Bonchev–Trinajstić information content (AvgIpc) is 2.61. The zero-order valence-electron chi connectivity index (χ0n) is 14.6. The predicted octanol–water partition coefficient (Wildman–Crippen LogP) is 5.41. The first-order valence-corrected chi connectivity index (χ1v) is 9.15. The molecule has 0 aliphatic rings. The Bertz CT molecular complexity index is 657. The summed E-state index contributed by atoms with van der Waals surface area (Å²) in [6.45, 7) is 3.02. The maximum Gasteiger partial charge on any atom is 0.416 e. The summed E-state index contributed by atoms with van der Waals surface area (Å²) in [6, 6.07) is 13.2. The molecule has 2 N–H and O–H groups in total. The summed E-state index contributed by atoms with van der Waals surface area (Å²) < 4.78 is 38.0. The third-order valence-electron chi connectivity index (χ3n) is 4.03. The number of alkyl halides is 3. The van der Waals surface area contributed by atoms with E-state index in [9.17, 15) is 13.2 Å². The molecule has 0 bridgehead atoms. The molecule has 0 unspecified atom stereocenters. The summed E-state index contributed by atoms with van der Waals surface area (Å²) in [5, 5.41) is 7.33. The van der Waals surface area contributed by atoms with Crippen LogP contribution in [0.3, 0.4) is 0 Å². The molecule has 2 aromatic rings. The minimum Gasteiger partial charge on any atom is -0.313 e. The van der Waals surface area contributed by atoms with E-state index in [0.717, 1.165) is 50.0 Å². The Morgan fingerprint density at radius 3 is 2.00 bits per heavy atom.